The van der Waals surface area contributed by atoms with Crippen molar-refractivity contribution in [3.05, 3.63) is 35.8 Å². The number of benzene rings is 1. The van der Waals surface area contributed by atoms with Crippen LogP contribution in [0.2, 0.25) is 0 Å². The Morgan fingerprint density at radius 2 is 2.06 bits per heavy atom. The van der Waals surface area contributed by atoms with E-state index in [1.807, 2.05) is 23.2 Å². The van der Waals surface area contributed by atoms with Gasteiger partial charge in [0.1, 0.15) is 5.75 Å². The average molecular weight is 245 g/mol. The van der Waals surface area contributed by atoms with Crippen LogP contribution in [-0.4, -0.2) is 23.2 Å². The molecule has 0 saturated carbocycles. The molecule has 96 valence electrons. The van der Waals surface area contributed by atoms with Gasteiger partial charge in [-0.05, 0) is 37.1 Å². The van der Waals surface area contributed by atoms with Gasteiger partial charge in [0.25, 0.3) is 0 Å². The third-order valence-electron chi connectivity index (χ3n) is 3.25. The van der Waals surface area contributed by atoms with E-state index in [4.69, 9.17) is 10.5 Å². The highest BCUT2D eigenvalue weighted by atomic mass is 16.5. The number of ether oxygens (including phenoxy) is 1. The lowest BCUT2D eigenvalue weighted by Gasteiger charge is -2.10. The molecule has 1 heterocycles. The largest absolute Gasteiger partial charge is 0.496 e. The Bertz CT molecular complexity index is 546. The first kappa shape index (κ1) is 12.6. The number of imidazole rings is 1. The molecule has 0 radical (unpaired) electrons. The van der Waals surface area contributed by atoms with Crippen LogP contribution in [0.15, 0.2) is 24.7 Å². The van der Waals surface area contributed by atoms with Crippen LogP contribution in [0.4, 0.5) is 0 Å². The van der Waals surface area contributed by atoms with E-state index in [1.54, 1.807) is 7.11 Å². The van der Waals surface area contributed by atoms with Gasteiger partial charge in [0.15, 0.2) is 0 Å². The second kappa shape index (κ2) is 5.23. The summed E-state index contributed by atoms with van der Waals surface area (Å²) in [5.41, 5.74) is 10.0. The number of hydrogen-bond donors (Lipinski definition) is 1. The molecule has 0 fully saturated rings. The SMILES string of the molecule is COc1ccc(-c2cn(CCN)cn2)c(C)c1C. The zero-order chi connectivity index (χ0) is 13.1. The van der Waals surface area contributed by atoms with Crippen molar-refractivity contribution >= 4 is 0 Å². The molecule has 18 heavy (non-hydrogen) atoms. The molecule has 0 aliphatic heterocycles. The Kier molecular flexibility index (Phi) is 3.67. The fourth-order valence-corrected chi connectivity index (χ4v) is 2.06. The molecule has 2 aromatic rings. The van der Waals surface area contributed by atoms with Crippen LogP contribution < -0.4 is 10.5 Å². The number of methoxy groups -OCH3 is 1. The van der Waals surface area contributed by atoms with Crippen LogP contribution in [0.3, 0.4) is 0 Å². The maximum Gasteiger partial charge on any atom is 0.122 e. The summed E-state index contributed by atoms with van der Waals surface area (Å²) in [4.78, 5) is 4.43. The van der Waals surface area contributed by atoms with Crippen LogP contribution >= 0.6 is 0 Å². The first-order valence-corrected chi connectivity index (χ1v) is 6.03. The Morgan fingerprint density at radius 3 is 2.72 bits per heavy atom. The molecule has 1 aromatic heterocycles. The zero-order valence-corrected chi connectivity index (χ0v) is 11.1. The Labute approximate surface area is 107 Å². The number of nitrogens with two attached hydrogens (primary N) is 1. The van der Waals surface area contributed by atoms with Crippen molar-refractivity contribution in [3.8, 4) is 17.0 Å². The van der Waals surface area contributed by atoms with Crippen molar-refractivity contribution in [1.82, 2.24) is 9.55 Å². The number of hydrogen-bond acceptors (Lipinski definition) is 3. The normalized spacial score (nSPS) is 10.7. The molecular weight excluding hydrogens is 226 g/mol. The molecule has 0 bridgehead atoms. The first-order chi connectivity index (χ1) is 8.67. The third-order valence-corrected chi connectivity index (χ3v) is 3.25. The molecule has 4 nitrogen and oxygen atoms in total. The van der Waals surface area contributed by atoms with E-state index >= 15 is 0 Å². The molecule has 0 aliphatic rings. The van der Waals surface area contributed by atoms with Crippen LogP contribution in [0.5, 0.6) is 5.75 Å². The molecule has 0 atom stereocenters. The lowest BCUT2D eigenvalue weighted by Crippen LogP contribution is -2.07. The molecule has 4 heteroatoms. The van der Waals surface area contributed by atoms with Crippen molar-refractivity contribution in [3.63, 3.8) is 0 Å². The highest BCUT2D eigenvalue weighted by Crippen LogP contribution is 2.29. The first-order valence-electron chi connectivity index (χ1n) is 6.03. The molecular formula is C14H19N3O. The van der Waals surface area contributed by atoms with Gasteiger partial charge in [-0.1, -0.05) is 0 Å². The van der Waals surface area contributed by atoms with Gasteiger partial charge in [-0.3, -0.25) is 0 Å². The van der Waals surface area contributed by atoms with Crippen molar-refractivity contribution in [2.24, 2.45) is 5.73 Å². The van der Waals surface area contributed by atoms with Gasteiger partial charge in [0.2, 0.25) is 0 Å². The second-order valence-corrected chi connectivity index (χ2v) is 4.35. The van der Waals surface area contributed by atoms with Crippen LogP contribution in [0.25, 0.3) is 11.3 Å². The van der Waals surface area contributed by atoms with Gasteiger partial charge in [0.05, 0.1) is 19.1 Å². The summed E-state index contributed by atoms with van der Waals surface area (Å²) in [5.74, 6) is 0.914. The minimum Gasteiger partial charge on any atom is -0.496 e. The fourth-order valence-electron chi connectivity index (χ4n) is 2.06. The van der Waals surface area contributed by atoms with E-state index in [9.17, 15) is 0 Å². The maximum absolute atomic E-state index is 5.54. The van der Waals surface area contributed by atoms with E-state index < -0.39 is 0 Å². The number of rotatable bonds is 4. The molecule has 0 aliphatic carbocycles. The topological polar surface area (TPSA) is 53.1 Å². The molecule has 2 rings (SSSR count). The number of aromatic nitrogens is 2. The molecule has 0 saturated heterocycles. The van der Waals surface area contributed by atoms with Crippen LogP contribution in [0, 0.1) is 13.8 Å². The Balaban J connectivity index is 2.41. The lowest BCUT2D eigenvalue weighted by molar-refractivity contribution is 0.411. The third kappa shape index (κ3) is 2.24. The van der Waals surface area contributed by atoms with Gasteiger partial charge in [-0.15, -0.1) is 0 Å². The maximum atomic E-state index is 5.54. The average Bonchev–Trinajstić information content (AvgIpc) is 2.81. The van der Waals surface area contributed by atoms with E-state index in [-0.39, 0.29) is 0 Å². The summed E-state index contributed by atoms with van der Waals surface area (Å²) in [6, 6.07) is 4.04. The molecule has 0 amide bonds. The predicted molar refractivity (Wildman–Crippen MR) is 72.7 cm³/mol. The predicted octanol–water partition coefficient (Wildman–Crippen LogP) is 2.13. The van der Waals surface area contributed by atoms with E-state index in [0.29, 0.717) is 6.54 Å². The Morgan fingerprint density at radius 1 is 1.28 bits per heavy atom. The fraction of sp³-hybridized carbons (Fsp3) is 0.357. The molecule has 2 N–H and O–H groups in total. The standard InChI is InChI=1S/C14H19N3O/c1-10-11(2)14(18-3)5-4-12(10)13-8-17(7-6-15)9-16-13/h4-5,8-9H,6-7,15H2,1-3H3. The summed E-state index contributed by atoms with van der Waals surface area (Å²) in [7, 11) is 1.69. The highest BCUT2D eigenvalue weighted by Gasteiger charge is 2.10. The summed E-state index contributed by atoms with van der Waals surface area (Å²) >= 11 is 0. The number of nitrogens with zero attached hydrogens (tertiary/aromatic N) is 2. The van der Waals surface area contributed by atoms with Gasteiger partial charge < -0.3 is 15.0 Å². The minimum absolute atomic E-state index is 0.621. The van der Waals surface area contributed by atoms with Crippen LogP contribution in [-0.2, 0) is 6.54 Å². The minimum atomic E-state index is 0.621. The van der Waals surface area contributed by atoms with E-state index in [1.165, 1.54) is 5.56 Å². The summed E-state index contributed by atoms with van der Waals surface area (Å²) in [6.45, 7) is 5.57. The van der Waals surface area contributed by atoms with Crippen molar-refractivity contribution < 1.29 is 4.74 Å². The van der Waals surface area contributed by atoms with E-state index in [2.05, 4.69) is 24.9 Å². The second-order valence-electron chi connectivity index (χ2n) is 4.35. The summed E-state index contributed by atoms with van der Waals surface area (Å²) in [5, 5.41) is 0. The van der Waals surface area contributed by atoms with Crippen LogP contribution in [0.1, 0.15) is 11.1 Å². The van der Waals surface area contributed by atoms with Gasteiger partial charge in [0, 0.05) is 24.8 Å². The zero-order valence-electron chi connectivity index (χ0n) is 11.1. The quantitative estimate of drug-likeness (QED) is 0.897. The van der Waals surface area contributed by atoms with Gasteiger partial charge in [-0.25, -0.2) is 4.98 Å². The van der Waals surface area contributed by atoms with Crippen molar-refractivity contribution in [2.75, 3.05) is 13.7 Å². The summed E-state index contributed by atoms with van der Waals surface area (Å²) in [6.07, 6.45) is 3.85. The smallest absolute Gasteiger partial charge is 0.122 e. The van der Waals surface area contributed by atoms with E-state index in [0.717, 1.165) is 29.1 Å². The van der Waals surface area contributed by atoms with Crippen molar-refractivity contribution in [2.45, 2.75) is 20.4 Å². The molecule has 0 spiro atoms. The summed E-state index contributed by atoms with van der Waals surface area (Å²) < 4.78 is 7.33. The van der Waals surface area contributed by atoms with Gasteiger partial charge in [-0.2, -0.15) is 0 Å². The monoisotopic (exact) mass is 245 g/mol. The highest BCUT2D eigenvalue weighted by molar-refractivity contribution is 5.66. The lowest BCUT2D eigenvalue weighted by atomic mass is 10.0. The van der Waals surface area contributed by atoms with Crippen molar-refractivity contribution in [1.29, 1.82) is 0 Å². The molecule has 1 aromatic carbocycles. The Hall–Kier alpha value is -1.81. The molecule has 0 unspecified atom stereocenters. The van der Waals surface area contributed by atoms with Gasteiger partial charge >= 0.3 is 0 Å².